The number of sulfonamides is 1. The number of aromatic nitrogens is 1. The minimum atomic E-state index is -3.51. The molecule has 8 nitrogen and oxygen atoms in total. The minimum absolute atomic E-state index is 0.158. The molecule has 0 aliphatic carbocycles. The summed E-state index contributed by atoms with van der Waals surface area (Å²) in [6, 6.07) is 3.09. The first kappa shape index (κ1) is 16.7. The second-order valence-electron chi connectivity index (χ2n) is 4.89. The zero-order valence-electron chi connectivity index (χ0n) is 12.4. The topological polar surface area (TPSA) is 91.8 Å². The monoisotopic (exact) mass is 328 g/mol. The molecule has 1 aromatic heterocycles. The van der Waals surface area contributed by atoms with Crippen LogP contribution in [0.2, 0.25) is 0 Å². The first-order valence-electron chi connectivity index (χ1n) is 6.98. The number of ether oxygens (including phenoxy) is 1. The van der Waals surface area contributed by atoms with Crippen LogP contribution in [-0.4, -0.2) is 75.7 Å². The normalized spacial score (nSPS) is 16.5. The summed E-state index contributed by atoms with van der Waals surface area (Å²) in [7, 11) is -2.15. The Hall–Kier alpha value is -1.71. The van der Waals surface area contributed by atoms with E-state index in [1.54, 1.807) is 11.0 Å². The number of methoxy groups -OCH3 is 1. The van der Waals surface area contributed by atoms with Gasteiger partial charge in [-0.2, -0.15) is 0 Å². The lowest BCUT2D eigenvalue weighted by Crippen LogP contribution is -2.50. The van der Waals surface area contributed by atoms with E-state index in [1.165, 1.54) is 25.6 Å². The fourth-order valence-electron chi connectivity index (χ4n) is 2.21. The molecular formula is C13H20N4O4S. The molecule has 0 atom stereocenters. The smallest absolute Gasteiger partial charge is 0.409 e. The van der Waals surface area contributed by atoms with Gasteiger partial charge >= 0.3 is 6.09 Å². The third kappa shape index (κ3) is 4.39. The third-order valence-electron chi connectivity index (χ3n) is 3.47. The molecule has 1 saturated heterocycles. The predicted octanol–water partition coefficient (Wildman–Crippen LogP) is -0.256. The number of nitrogens with one attached hydrogen (secondary N) is 1. The molecule has 1 N–H and O–H groups in total. The van der Waals surface area contributed by atoms with Crippen LogP contribution >= 0.6 is 0 Å². The zero-order valence-corrected chi connectivity index (χ0v) is 13.3. The lowest BCUT2D eigenvalue weighted by atomic mass is 10.3. The van der Waals surface area contributed by atoms with Crippen molar-refractivity contribution in [3.05, 3.63) is 24.5 Å². The molecular weight excluding hydrogens is 308 g/mol. The Morgan fingerprint density at radius 3 is 2.68 bits per heavy atom. The van der Waals surface area contributed by atoms with Crippen molar-refractivity contribution in [3.63, 3.8) is 0 Å². The number of pyridine rings is 1. The van der Waals surface area contributed by atoms with E-state index in [1.807, 2.05) is 0 Å². The molecule has 0 radical (unpaired) electrons. The van der Waals surface area contributed by atoms with Crippen LogP contribution in [0.5, 0.6) is 0 Å². The van der Waals surface area contributed by atoms with Gasteiger partial charge in [-0.25, -0.2) is 17.9 Å². The average molecular weight is 328 g/mol. The number of rotatable bonds is 5. The minimum Gasteiger partial charge on any atom is -0.453 e. The van der Waals surface area contributed by atoms with Crippen LogP contribution in [0.15, 0.2) is 29.4 Å². The molecule has 9 heteroatoms. The van der Waals surface area contributed by atoms with Gasteiger partial charge in [-0.1, -0.05) is 0 Å². The van der Waals surface area contributed by atoms with Crippen molar-refractivity contribution in [3.8, 4) is 0 Å². The molecule has 2 heterocycles. The highest BCUT2D eigenvalue weighted by Crippen LogP contribution is 2.06. The summed E-state index contributed by atoms with van der Waals surface area (Å²) < 4.78 is 31.3. The van der Waals surface area contributed by atoms with E-state index in [2.05, 4.69) is 19.3 Å². The van der Waals surface area contributed by atoms with Crippen molar-refractivity contribution in [1.29, 1.82) is 0 Å². The Kier molecular flexibility index (Phi) is 5.69. The van der Waals surface area contributed by atoms with Crippen LogP contribution in [0.3, 0.4) is 0 Å². The highest BCUT2D eigenvalue weighted by atomic mass is 32.2. The standard InChI is InChI=1S/C13H20N4O4S/c1-21-13(18)17-9-7-16(8-10-17)6-5-15-22(19,20)12-3-2-4-14-11-12/h2-4,11,15H,5-10H2,1H3. The lowest BCUT2D eigenvalue weighted by molar-refractivity contribution is 0.0918. The van der Waals surface area contributed by atoms with Crippen LogP contribution in [0, 0.1) is 0 Å². The number of nitrogens with zero attached hydrogens (tertiary/aromatic N) is 3. The van der Waals surface area contributed by atoms with Gasteiger partial charge in [0.25, 0.3) is 0 Å². The maximum Gasteiger partial charge on any atom is 0.409 e. The van der Waals surface area contributed by atoms with Crippen LogP contribution < -0.4 is 4.72 Å². The van der Waals surface area contributed by atoms with Gasteiger partial charge in [-0.15, -0.1) is 0 Å². The molecule has 1 fully saturated rings. The predicted molar refractivity (Wildman–Crippen MR) is 79.8 cm³/mol. The molecule has 1 aliphatic heterocycles. The van der Waals surface area contributed by atoms with E-state index in [0.717, 1.165) is 0 Å². The van der Waals surface area contributed by atoms with Gasteiger partial charge in [0.1, 0.15) is 4.90 Å². The Morgan fingerprint density at radius 1 is 1.36 bits per heavy atom. The highest BCUT2D eigenvalue weighted by Gasteiger charge is 2.21. The van der Waals surface area contributed by atoms with Gasteiger partial charge in [0, 0.05) is 51.7 Å². The van der Waals surface area contributed by atoms with Gasteiger partial charge < -0.3 is 9.64 Å². The summed E-state index contributed by atoms with van der Waals surface area (Å²) >= 11 is 0. The summed E-state index contributed by atoms with van der Waals surface area (Å²) in [6.07, 6.45) is 2.52. The van der Waals surface area contributed by atoms with E-state index < -0.39 is 10.0 Å². The fourth-order valence-corrected chi connectivity index (χ4v) is 3.19. The molecule has 1 amide bonds. The summed E-state index contributed by atoms with van der Waals surface area (Å²) in [5, 5.41) is 0. The molecule has 0 bridgehead atoms. The van der Waals surface area contributed by atoms with Crippen molar-refractivity contribution in [2.75, 3.05) is 46.4 Å². The molecule has 2 rings (SSSR count). The Bertz CT molecular complexity index is 585. The van der Waals surface area contributed by atoms with Crippen molar-refractivity contribution in [2.24, 2.45) is 0 Å². The summed E-state index contributed by atoms with van der Waals surface area (Å²) in [5.41, 5.74) is 0. The third-order valence-corrected chi connectivity index (χ3v) is 4.92. The van der Waals surface area contributed by atoms with Gasteiger partial charge in [0.15, 0.2) is 0 Å². The van der Waals surface area contributed by atoms with Gasteiger partial charge in [0.2, 0.25) is 10.0 Å². The number of amides is 1. The average Bonchev–Trinajstić information content (AvgIpc) is 2.55. The van der Waals surface area contributed by atoms with E-state index in [9.17, 15) is 13.2 Å². The summed E-state index contributed by atoms with van der Waals surface area (Å²) in [6.45, 7) is 3.47. The van der Waals surface area contributed by atoms with Crippen LogP contribution in [-0.2, 0) is 14.8 Å². The largest absolute Gasteiger partial charge is 0.453 e. The molecule has 1 aromatic rings. The second-order valence-corrected chi connectivity index (χ2v) is 6.65. The Balaban J connectivity index is 1.75. The van der Waals surface area contributed by atoms with Crippen molar-refractivity contribution in [2.45, 2.75) is 4.90 Å². The number of carbonyl (C=O) groups is 1. The first-order valence-corrected chi connectivity index (χ1v) is 8.46. The highest BCUT2D eigenvalue weighted by molar-refractivity contribution is 7.89. The number of hydrogen-bond donors (Lipinski definition) is 1. The molecule has 0 unspecified atom stereocenters. The van der Waals surface area contributed by atoms with E-state index >= 15 is 0 Å². The van der Waals surface area contributed by atoms with E-state index in [0.29, 0.717) is 39.3 Å². The quantitative estimate of drug-likeness (QED) is 0.801. The van der Waals surface area contributed by atoms with Crippen LogP contribution in [0.4, 0.5) is 4.79 Å². The molecule has 22 heavy (non-hydrogen) atoms. The molecule has 0 spiro atoms. The zero-order chi connectivity index (χ0) is 16.0. The molecule has 0 aromatic carbocycles. The fraction of sp³-hybridized carbons (Fsp3) is 0.538. The molecule has 1 aliphatic rings. The van der Waals surface area contributed by atoms with Crippen molar-refractivity contribution >= 4 is 16.1 Å². The summed E-state index contributed by atoms with van der Waals surface area (Å²) in [5.74, 6) is 0. The van der Waals surface area contributed by atoms with Gasteiger partial charge in [-0.05, 0) is 12.1 Å². The van der Waals surface area contributed by atoms with Crippen molar-refractivity contribution < 1.29 is 17.9 Å². The lowest BCUT2D eigenvalue weighted by Gasteiger charge is -2.33. The van der Waals surface area contributed by atoms with Crippen molar-refractivity contribution in [1.82, 2.24) is 19.5 Å². The Morgan fingerprint density at radius 2 is 2.09 bits per heavy atom. The van der Waals surface area contributed by atoms with Gasteiger partial charge in [0.05, 0.1) is 7.11 Å². The maximum atomic E-state index is 12.0. The maximum absolute atomic E-state index is 12.0. The Labute approximate surface area is 130 Å². The van der Waals surface area contributed by atoms with E-state index in [-0.39, 0.29) is 11.0 Å². The molecule has 122 valence electrons. The number of hydrogen-bond acceptors (Lipinski definition) is 6. The first-order chi connectivity index (χ1) is 10.5. The molecule has 0 saturated carbocycles. The summed E-state index contributed by atoms with van der Waals surface area (Å²) in [4.78, 5) is 19.1. The second kappa shape index (κ2) is 7.52. The number of carbonyl (C=O) groups excluding carboxylic acids is 1. The number of piperazine rings is 1. The van der Waals surface area contributed by atoms with Crippen LogP contribution in [0.1, 0.15) is 0 Å². The van der Waals surface area contributed by atoms with E-state index in [4.69, 9.17) is 0 Å². The SMILES string of the molecule is COC(=O)N1CCN(CCNS(=O)(=O)c2cccnc2)CC1. The van der Waals surface area contributed by atoms with Gasteiger partial charge in [-0.3, -0.25) is 9.88 Å². The van der Waals surface area contributed by atoms with Crippen LogP contribution in [0.25, 0.3) is 0 Å².